The zero-order chi connectivity index (χ0) is 16.2. The van der Waals surface area contributed by atoms with Gasteiger partial charge in [-0.1, -0.05) is 12.1 Å². The number of halogens is 1. The highest BCUT2D eigenvalue weighted by molar-refractivity contribution is 9.11. The van der Waals surface area contributed by atoms with Crippen molar-refractivity contribution in [3.63, 3.8) is 0 Å². The molecule has 6 nitrogen and oxygen atoms in total. The van der Waals surface area contributed by atoms with E-state index in [-0.39, 0.29) is 11.4 Å². The van der Waals surface area contributed by atoms with Crippen LogP contribution in [0.15, 0.2) is 51.4 Å². The lowest BCUT2D eigenvalue weighted by Gasteiger charge is -1.97. The van der Waals surface area contributed by atoms with Crippen molar-refractivity contribution in [3.8, 4) is 16.3 Å². The van der Waals surface area contributed by atoms with E-state index >= 15 is 0 Å². The molecule has 0 saturated heterocycles. The molecule has 0 aliphatic heterocycles. The number of nitrogens with zero attached hydrogens (tertiary/aromatic N) is 2. The number of hydrogen-bond acceptors (Lipinski definition) is 5. The number of carbonyl (C=O) groups is 1. The van der Waals surface area contributed by atoms with E-state index in [0.717, 1.165) is 14.4 Å². The lowest BCUT2D eigenvalue weighted by molar-refractivity contribution is 0.0950. The van der Waals surface area contributed by atoms with Crippen LogP contribution in [0.2, 0.25) is 0 Å². The molecule has 2 heterocycles. The lowest BCUT2D eigenvalue weighted by atomic mass is 10.2. The Morgan fingerprint density at radius 1 is 1.35 bits per heavy atom. The third-order valence-corrected chi connectivity index (χ3v) is 4.61. The smallest absolute Gasteiger partial charge is 0.291 e. The summed E-state index contributed by atoms with van der Waals surface area (Å²) in [6.07, 6.45) is 1.37. The Morgan fingerprint density at radius 3 is 2.91 bits per heavy atom. The summed E-state index contributed by atoms with van der Waals surface area (Å²) in [6.45, 7) is 0. The van der Waals surface area contributed by atoms with Crippen molar-refractivity contribution < 1.29 is 9.90 Å². The maximum absolute atomic E-state index is 12.0. The molecule has 1 aromatic carbocycles. The van der Waals surface area contributed by atoms with Gasteiger partial charge in [0.05, 0.1) is 20.6 Å². The molecule has 0 spiro atoms. The van der Waals surface area contributed by atoms with Gasteiger partial charge >= 0.3 is 0 Å². The average Bonchev–Trinajstić information content (AvgIpc) is 3.18. The summed E-state index contributed by atoms with van der Waals surface area (Å²) in [7, 11) is 0. The Labute approximate surface area is 144 Å². The molecule has 3 rings (SSSR count). The zero-order valence-electron chi connectivity index (χ0n) is 11.7. The van der Waals surface area contributed by atoms with Crippen LogP contribution < -0.4 is 5.43 Å². The summed E-state index contributed by atoms with van der Waals surface area (Å²) < 4.78 is 1.00. The molecule has 0 aliphatic carbocycles. The molecule has 0 unspecified atom stereocenters. The number of rotatable bonds is 4. The molecule has 0 atom stereocenters. The number of carbonyl (C=O) groups excluding carboxylic acids is 1. The average molecular weight is 391 g/mol. The highest BCUT2D eigenvalue weighted by Gasteiger charge is 2.11. The summed E-state index contributed by atoms with van der Waals surface area (Å²) in [5, 5.41) is 20.2. The third kappa shape index (κ3) is 3.66. The van der Waals surface area contributed by atoms with Gasteiger partial charge in [0.15, 0.2) is 5.69 Å². The number of aromatic amines is 1. The largest absolute Gasteiger partial charge is 0.507 e. The van der Waals surface area contributed by atoms with Gasteiger partial charge in [0.2, 0.25) is 0 Å². The topological polar surface area (TPSA) is 90.4 Å². The number of amides is 1. The van der Waals surface area contributed by atoms with Crippen molar-refractivity contribution in [3.05, 3.63) is 57.5 Å². The van der Waals surface area contributed by atoms with Crippen LogP contribution in [-0.2, 0) is 0 Å². The van der Waals surface area contributed by atoms with Gasteiger partial charge in [0.25, 0.3) is 5.91 Å². The second-order valence-corrected chi connectivity index (χ2v) is 6.99. The maximum atomic E-state index is 12.0. The lowest BCUT2D eigenvalue weighted by Crippen LogP contribution is -2.18. The van der Waals surface area contributed by atoms with E-state index in [1.165, 1.54) is 17.6 Å². The Kier molecular flexibility index (Phi) is 4.54. The van der Waals surface area contributed by atoms with Crippen LogP contribution in [0.4, 0.5) is 0 Å². The van der Waals surface area contributed by atoms with Crippen molar-refractivity contribution in [2.75, 3.05) is 0 Å². The van der Waals surface area contributed by atoms with Gasteiger partial charge in [-0.3, -0.25) is 9.89 Å². The van der Waals surface area contributed by atoms with Crippen LogP contribution in [0.25, 0.3) is 10.6 Å². The van der Waals surface area contributed by atoms with E-state index in [1.807, 2.05) is 12.1 Å². The van der Waals surface area contributed by atoms with E-state index in [4.69, 9.17) is 0 Å². The summed E-state index contributed by atoms with van der Waals surface area (Å²) >= 11 is 4.93. The molecule has 23 heavy (non-hydrogen) atoms. The van der Waals surface area contributed by atoms with Crippen LogP contribution in [0, 0.1) is 0 Å². The first-order chi connectivity index (χ1) is 11.1. The molecule has 116 valence electrons. The Bertz CT molecular complexity index is 872. The number of thiophene rings is 1. The minimum absolute atomic E-state index is 0.0934. The normalized spacial score (nSPS) is 11.0. The predicted molar refractivity (Wildman–Crippen MR) is 92.8 cm³/mol. The first-order valence-electron chi connectivity index (χ1n) is 6.56. The van der Waals surface area contributed by atoms with Gasteiger partial charge < -0.3 is 5.11 Å². The monoisotopic (exact) mass is 390 g/mol. The number of aromatic nitrogens is 2. The standard InChI is InChI=1S/C15H11BrN4O2S/c16-14-6-5-13(23-14)10-7-11(19-18-10)15(22)20-17-8-9-3-1-2-4-12(9)21/h1-8,21H,(H,18,19)(H,20,22)/b17-8-. The molecular weight excluding hydrogens is 380 g/mol. The number of phenolic OH excluding ortho intramolecular Hbond substituents is 1. The van der Waals surface area contributed by atoms with Crippen molar-refractivity contribution in [1.29, 1.82) is 0 Å². The van der Waals surface area contributed by atoms with E-state index < -0.39 is 5.91 Å². The van der Waals surface area contributed by atoms with Crippen LogP contribution in [0.3, 0.4) is 0 Å². The molecule has 0 saturated carbocycles. The molecule has 0 aliphatic rings. The number of H-pyrrole nitrogens is 1. The summed E-state index contributed by atoms with van der Waals surface area (Å²) in [4.78, 5) is 13.0. The van der Waals surface area contributed by atoms with Crippen molar-refractivity contribution in [2.45, 2.75) is 0 Å². The Hall–Kier alpha value is -2.45. The number of benzene rings is 1. The zero-order valence-corrected chi connectivity index (χ0v) is 14.1. The van der Waals surface area contributed by atoms with Crippen molar-refractivity contribution in [2.24, 2.45) is 5.10 Å². The Balaban J connectivity index is 1.67. The van der Waals surface area contributed by atoms with E-state index in [0.29, 0.717) is 5.56 Å². The van der Waals surface area contributed by atoms with E-state index in [1.54, 1.807) is 30.3 Å². The molecule has 0 fully saturated rings. The van der Waals surface area contributed by atoms with Gasteiger partial charge in [0, 0.05) is 5.56 Å². The fourth-order valence-corrected chi connectivity index (χ4v) is 3.19. The fraction of sp³-hybridized carbons (Fsp3) is 0. The first-order valence-corrected chi connectivity index (χ1v) is 8.17. The molecule has 3 N–H and O–H groups in total. The van der Waals surface area contributed by atoms with Gasteiger partial charge in [-0.15, -0.1) is 11.3 Å². The third-order valence-electron chi connectivity index (χ3n) is 2.96. The SMILES string of the molecule is O=C(N/N=C\c1ccccc1O)c1cc(-c2ccc(Br)s2)[nH]n1. The number of hydrazone groups is 1. The number of aromatic hydroxyl groups is 1. The minimum Gasteiger partial charge on any atom is -0.507 e. The van der Waals surface area contributed by atoms with Gasteiger partial charge in [-0.2, -0.15) is 10.2 Å². The molecular formula is C15H11BrN4O2S. The van der Waals surface area contributed by atoms with Crippen molar-refractivity contribution >= 4 is 39.4 Å². The predicted octanol–water partition coefficient (Wildman–Crippen LogP) is 3.37. The number of nitrogens with one attached hydrogen (secondary N) is 2. The van der Waals surface area contributed by atoms with Crippen molar-refractivity contribution in [1.82, 2.24) is 15.6 Å². The van der Waals surface area contributed by atoms with Gasteiger partial charge in [-0.05, 0) is 46.3 Å². The van der Waals surface area contributed by atoms with Crippen LogP contribution in [-0.4, -0.2) is 27.4 Å². The van der Waals surface area contributed by atoms with Crippen LogP contribution in [0.5, 0.6) is 5.75 Å². The highest BCUT2D eigenvalue weighted by Crippen LogP contribution is 2.30. The first kappa shape index (κ1) is 15.4. The molecule has 8 heteroatoms. The van der Waals surface area contributed by atoms with Gasteiger partial charge in [0.1, 0.15) is 5.75 Å². The van der Waals surface area contributed by atoms with Crippen LogP contribution >= 0.6 is 27.3 Å². The molecule has 3 aromatic rings. The second kappa shape index (κ2) is 6.76. The van der Waals surface area contributed by atoms with Crippen LogP contribution in [0.1, 0.15) is 16.1 Å². The minimum atomic E-state index is -0.435. The summed E-state index contributed by atoms with van der Waals surface area (Å²) in [5.41, 5.74) is 3.88. The number of para-hydroxylation sites is 1. The fourth-order valence-electron chi connectivity index (χ4n) is 1.84. The summed E-state index contributed by atoms with van der Waals surface area (Å²) in [5.74, 6) is -0.342. The molecule has 0 radical (unpaired) electrons. The molecule has 0 bridgehead atoms. The number of hydrogen-bond donors (Lipinski definition) is 3. The van der Waals surface area contributed by atoms with E-state index in [9.17, 15) is 9.90 Å². The highest BCUT2D eigenvalue weighted by atomic mass is 79.9. The Morgan fingerprint density at radius 2 is 2.17 bits per heavy atom. The molecule has 2 aromatic heterocycles. The quantitative estimate of drug-likeness (QED) is 0.471. The second-order valence-electron chi connectivity index (χ2n) is 4.53. The summed E-state index contributed by atoms with van der Waals surface area (Å²) in [6, 6.07) is 12.2. The van der Waals surface area contributed by atoms with E-state index in [2.05, 4.69) is 36.7 Å². The molecule has 1 amide bonds. The van der Waals surface area contributed by atoms with Gasteiger partial charge in [-0.25, -0.2) is 5.43 Å². The maximum Gasteiger partial charge on any atom is 0.291 e. The number of phenols is 1.